The number of halogens is 2. The number of alkyl halides is 1. The van der Waals surface area contributed by atoms with Crippen LogP contribution in [-0.4, -0.2) is 36.8 Å². The van der Waals surface area contributed by atoms with Crippen LogP contribution in [0.25, 0.3) is 0 Å². The number of hydrogen-bond donors (Lipinski definition) is 0. The van der Waals surface area contributed by atoms with Gasteiger partial charge < -0.3 is 14.4 Å². The monoisotopic (exact) mass is 357 g/mol. The highest BCUT2D eigenvalue weighted by Gasteiger charge is 2.29. The third-order valence-electron chi connectivity index (χ3n) is 4.13. The van der Waals surface area contributed by atoms with Gasteiger partial charge in [-0.25, -0.2) is 9.18 Å². The molecule has 134 valence electrons. The summed E-state index contributed by atoms with van der Waals surface area (Å²) in [4.78, 5) is 13.8. The molecule has 1 aromatic rings. The van der Waals surface area contributed by atoms with Gasteiger partial charge in [0.15, 0.2) is 0 Å². The number of ether oxygens (including phenoxy) is 2. The summed E-state index contributed by atoms with van der Waals surface area (Å²) < 4.78 is 25.1. The largest absolute Gasteiger partial charge is 0.496 e. The van der Waals surface area contributed by atoms with Crippen molar-refractivity contribution in [3.63, 3.8) is 0 Å². The van der Waals surface area contributed by atoms with Gasteiger partial charge in [-0.3, -0.25) is 0 Å². The molecule has 1 aliphatic rings. The lowest BCUT2D eigenvalue weighted by Gasteiger charge is -2.33. The van der Waals surface area contributed by atoms with Crippen LogP contribution in [0.1, 0.15) is 50.7 Å². The molecule has 24 heavy (non-hydrogen) atoms. The van der Waals surface area contributed by atoms with Gasteiger partial charge in [0, 0.05) is 18.7 Å². The number of benzene rings is 1. The zero-order chi connectivity index (χ0) is 17.9. The number of nitrogens with zero attached hydrogens (tertiary/aromatic N) is 1. The molecule has 0 aliphatic carbocycles. The Morgan fingerprint density at radius 2 is 1.96 bits per heavy atom. The number of likely N-dealkylation sites (tertiary alicyclic amines) is 1. The molecule has 1 heterocycles. The number of hydrogen-bond acceptors (Lipinski definition) is 3. The fraction of sp³-hybridized carbons (Fsp3) is 0.611. The quantitative estimate of drug-likeness (QED) is 0.737. The summed E-state index contributed by atoms with van der Waals surface area (Å²) in [6.07, 6.45) is 1.08. The fourth-order valence-electron chi connectivity index (χ4n) is 2.92. The summed E-state index contributed by atoms with van der Waals surface area (Å²) in [7, 11) is 1.55. The fourth-order valence-corrected chi connectivity index (χ4v) is 3.13. The van der Waals surface area contributed by atoms with E-state index >= 15 is 0 Å². The van der Waals surface area contributed by atoms with Crippen LogP contribution in [0, 0.1) is 5.82 Å². The molecule has 0 aromatic heterocycles. The van der Waals surface area contributed by atoms with E-state index in [1.165, 1.54) is 6.07 Å². The predicted octanol–water partition coefficient (Wildman–Crippen LogP) is 4.69. The molecule has 0 saturated carbocycles. The van der Waals surface area contributed by atoms with Crippen LogP contribution in [0.15, 0.2) is 12.1 Å². The second-order valence-corrected chi connectivity index (χ2v) is 7.33. The van der Waals surface area contributed by atoms with Crippen LogP contribution < -0.4 is 4.74 Å². The van der Waals surface area contributed by atoms with Crippen LogP contribution in [0.5, 0.6) is 5.75 Å². The van der Waals surface area contributed by atoms with E-state index in [0.717, 1.165) is 0 Å². The van der Waals surface area contributed by atoms with Crippen LogP contribution in [-0.2, 0) is 10.6 Å². The smallest absolute Gasteiger partial charge is 0.410 e. The topological polar surface area (TPSA) is 38.8 Å². The van der Waals surface area contributed by atoms with Crippen molar-refractivity contribution >= 4 is 17.7 Å². The minimum atomic E-state index is -0.509. The molecule has 0 bridgehead atoms. The Kier molecular flexibility index (Phi) is 5.97. The van der Waals surface area contributed by atoms with Crippen molar-refractivity contribution < 1.29 is 18.7 Å². The summed E-state index contributed by atoms with van der Waals surface area (Å²) >= 11 is 5.82. The molecule has 1 saturated heterocycles. The molecule has 0 atom stereocenters. The Balaban J connectivity index is 2.06. The maximum atomic E-state index is 14.4. The van der Waals surface area contributed by atoms with Crippen LogP contribution in [0.2, 0.25) is 0 Å². The first kappa shape index (κ1) is 18.8. The van der Waals surface area contributed by atoms with Crippen molar-refractivity contribution in [2.75, 3.05) is 20.2 Å². The molecule has 6 heteroatoms. The third kappa shape index (κ3) is 4.53. The molecular weight excluding hydrogens is 333 g/mol. The van der Waals surface area contributed by atoms with Crippen LogP contribution >= 0.6 is 11.6 Å². The van der Waals surface area contributed by atoms with Gasteiger partial charge in [-0.2, -0.15) is 0 Å². The van der Waals surface area contributed by atoms with Gasteiger partial charge in [0.05, 0.1) is 13.0 Å². The van der Waals surface area contributed by atoms with E-state index in [2.05, 4.69) is 0 Å². The normalized spacial score (nSPS) is 16.2. The van der Waals surface area contributed by atoms with Crippen molar-refractivity contribution in [1.82, 2.24) is 4.90 Å². The van der Waals surface area contributed by atoms with Crippen molar-refractivity contribution in [1.29, 1.82) is 0 Å². The van der Waals surface area contributed by atoms with E-state index in [1.807, 2.05) is 20.8 Å². The maximum absolute atomic E-state index is 14.4. The number of amides is 1. The number of carbonyl (C=O) groups is 1. The van der Waals surface area contributed by atoms with Gasteiger partial charge in [0.1, 0.15) is 17.2 Å². The lowest BCUT2D eigenvalue weighted by Crippen LogP contribution is -2.41. The first-order valence-electron chi connectivity index (χ1n) is 8.15. The average molecular weight is 358 g/mol. The standard InChI is InChI=1S/C18H25ClFNO3/c1-18(2,3)24-17(22)21-7-5-12(6-8-21)14-10-16(23-4)13(11-19)9-15(14)20/h9-10,12H,5-8,11H2,1-4H3. The van der Waals surface area contributed by atoms with E-state index in [4.69, 9.17) is 21.1 Å². The van der Waals surface area contributed by atoms with E-state index in [0.29, 0.717) is 42.8 Å². The van der Waals surface area contributed by atoms with E-state index in [1.54, 1.807) is 18.1 Å². The van der Waals surface area contributed by atoms with Gasteiger partial charge in [-0.1, -0.05) is 0 Å². The van der Waals surface area contributed by atoms with Crippen molar-refractivity contribution in [2.24, 2.45) is 0 Å². The second kappa shape index (κ2) is 7.60. The SMILES string of the molecule is COc1cc(C2CCN(C(=O)OC(C)(C)C)CC2)c(F)cc1CCl. The Morgan fingerprint density at radius 1 is 1.33 bits per heavy atom. The summed E-state index contributed by atoms with van der Waals surface area (Å²) in [5, 5.41) is 0. The number of rotatable bonds is 3. The summed E-state index contributed by atoms with van der Waals surface area (Å²) in [5.74, 6) is 0.609. The number of piperidine rings is 1. The molecule has 1 aliphatic heterocycles. The average Bonchev–Trinajstić information content (AvgIpc) is 2.53. The molecule has 0 radical (unpaired) electrons. The van der Waals surface area contributed by atoms with Gasteiger partial charge in [-0.05, 0) is 57.2 Å². The number of methoxy groups -OCH3 is 1. The molecule has 1 aromatic carbocycles. The first-order chi connectivity index (χ1) is 11.2. The third-order valence-corrected chi connectivity index (χ3v) is 4.42. The Labute approximate surface area is 147 Å². The molecule has 0 unspecified atom stereocenters. The van der Waals surface area contributed by atoms with Gasteiger partial charge >= 0.3 is 6.09 Å². The highest BCUT2D eigenvalue weighted by Crippen LogP contribution is 2.34. The van der Waals surface area contributed by atoms with Crippen molar-refractivity contribution in [3.8, 4) is 5.75 Å². The second-order valence-electron chi connectivity index (χ2n) is 7.06. The first-order valence-corrected chi connectivity index (χ1v) is 8.68. The number of carbonyl (C=O) groups excluding carboxylic acids is 1. The molecule has 2 rings (SSSR count). The summed E-state index contributed by atoms with van der Waals surface area (Å²) in [6.45, 7) is 6.64. The lowest BCUT2D eigenvalue weighted by molar-refractivity contribution is 0.0204. The molecule has 1 fully saturated rings. The summed E-state index contributed by atoms with van der Waals surface area (Å²) in [6, 6.07) is 3.18. The highest BCUT2D eigenvalue weighted by molar-refractivity contribution is 6.17. The van der Waals surface area contributed by atoms with E-state index in [9.17, 15) is 9.18 Å². The highest BCUT2D eigenvalue weighted by atomic mass is 35.5. The minimum absolute atomic E-state index is 0.0574. The van der Waals surface area contributed by atoms with Crippen LogP contribution in [0.3, 0.4) is 0 Å². The molecule has 1 amide bonds. The molecular formula is C18H25ClFNO3. The van der Waals surface area contributed by atoms with Gasteiger partial charge in [0.2, 0.25) is 0 Å². The Bertz CT molecular complexity index is 593. The minimum Gasteiger partial charge on any atom is -0.496 e. The van der Waals surface area contributed by atoms with Crippen LogP contribution in [0.4, 0.5) is 9.18 Å². The van der Waals surface area contributed by atoms with Gasteiger partial charge in [-0.15, -0.1) is 11.6 Å². The zero-order valence-corrected chi connectivity index (χ0v) is 15.5. The molecule has 4 nitrogen and oxygen atoms in total. The summed E-state index contributed by atoms with van der Waals surface area (Å²) in [5.41, 5.74) is 0.765. The van der Waals surface area contributed by atoms with Crippen molar-refractivity contribution in [2.45, 2.75) is 51.0 Å². The lowest BCUT2D eigenvalue weighted by atomic mass is 9.88. The van der Waals surface area contributed by atoms with E-state index < -0.39 is 5.60 Å². The van der Waals surface area contributed by atoms with E-state index in [-0.39, 0.29) is 23.7 Å². The maximum Gasteiger partial charge on any atom is 0.410 e. The molecule has 0 spiro atoms. The predicted molar refractivity (Wildman–Crippen MR) is 92.3 cm³/mol. The zero-order valence-electron chi connectivity index (χ0n) is 14.7. The van der Waals surface area contributed by atoms with Crippen molar-refractivity contribution in [3.05, 3.63) is 29.1 Å². The Hall–Kier alpha value is -1.49. The molecule has 0 N–H and O–H groups in total. The van der Waals surface area contributed by atoms with Gasteiger partial charge in [0.25, 0.3) is 0 Å². The Morgan fingerprint density at radius 3 is 2.46 bits per heavy atom.